The third-order valence-corrected chi connectivity index (χ3v) is 4.84. The second kappa shape index (κ2) is 5.26. The molecule has 0 radical (unpaired) electrons. The van der Waals surface area contributed by atoms with Crippen LogP contribution in [0.5, 0.6) is 0 Å². The van der Waals surface area contributed by atoms with E-state index in [9.17, 15) is 4.79 Å². The standard InChI is InChI=1S/C15H20ClN3O/c1-19(12-7-10-3-4-11(8-12)18-10)14-5-2-9(16)6-13(14)15(17)20/h2,5-6,10-12,18H,3-4,7-8H2,1H3,(H2,17,20). The number of piperidine rings is 1. The highest BCUT2D eigenvalue weighted by Gasteiger charge is 2.35. The number of rotatable bonds is 3. The van der Waals surface area contributed by atoms with Crippen molar-refractivity contribution in [2.45, 2.75) is 43.8 Å². The van der Waals surface area contributed by atoms with Gasteiger partial charge in [-0.15, -0.1) is 0 Å². The van der Waals surface area contributed by atoms with E-state index in [2.05, 4.69) is 10.2 Å². The summed E-state index contributed by atoms with van der Waals surface area (Å²) in [6.07, 6.45) is 4.76. The molecule has 20 heavy (non-hydrogen) atoms. The van der Waals surface area contributed by atoms with Gasteiger partial charge in [0.25, 0.3) is 5.91 Å². The number of carbonyl (C=O) groups is 1. The SMILES string of the molecule is CN(c1ccc(Cl)cc1C(N)=O)C1CC2CCC(C1)N2. The maximum absolute atomic E-state index is 11.6. The predicted molar refractivity (Wildman–Crippen MR) is 81.3 cm³/mol. The zero-order chi connectivity index (χ0) is 14.3. The summed E-state index contributed by atoms with van der Waals surface area (Å²) in [5.41, 5.74) is 6.87. The molecule has 0 aliphatic carbocycles. The van der Waals surface area contributed by atoms with Crippen LogP contribution in [0.25, 0.3) is 0 Å². The van der Waals surface area contributed by atoms with E-state index in [4.69, 9.17) is 17.3 Å². The van der Waals surface area contributed by atoms with E-state index in [1.54, 1.807) is 6.07 Å². The summed E-state index contributed by atoms with van der Waals surface area (Å²) in [5, 5.41) is 4.18. The maximum atomic E-state index is 11.6. The first-order chi connectivity index (χ1) is 9.54. The number of primary amides is 1. The minimum atomic E-state index is -0.425. The molecule has 2 aliphatic heterocycles. The van der Waals surface area contributed by atoms with Crippen LogP contribution < -0.4 is 16.0 Å². The van der Waals surface area contributed by atoms with Gasteiger partial charge in [-0.3, -0.25) is 4.79 Å². The second-order valence-corrected chi connectivity index (χ2v) is 6.34. The van der Waals surface area contributed by atoms with Gasteiger partial charge in [-0.1, -0.05) is 11.6 Å². The molecule has 3 N–H and O–H groups in total. The van der Waals surface area contributed by atoms with Crippen LogP contribution in [0.1, 0.15) is 36.0 Å². The Labute approximate surface area is 124 Å². The quantitative estimate of drug-likeness (QED) is 0.898. The van der Waals surface area contributed by atoms with Crippen LogP contribution in [0, 0.1) is 0 Å². The summed E-state index contributed by atoms with van der Waals surface area (Å²) in [7, 11) is 2.05. The Kier molecular flexibility index (Phi) is 3.61. The zero-order valence-electron chi connectivity index (χ0n) is 11.6. The first-order valence-corrected chi connectivity index (χ1v) is 7.50. The molecule has 4 nitrogen and oxygen atoms in total. The first kappa shape index (κ1) is 13.7. The molecule has 3 rings (SSSR count). The molecule has 2 bridgehead atoms. The van der Waals surface area contributed by atoms with Gasteiger partial charge in [0, 0.05) is 35.9 Å². The monoisotopic (exact) mass is 293 g/mol. The summed E-state index contributed by atoms with van der Waals surface area (Å²) < 4.78 is 0. The molecule has 2 atom stereocenters. The topological polar surface area (TPSA) is 58.4 Å². The number of fused-ring (bicyclic) bond motifs is 2. The number of nitrogens with zero attached hydrogens (tertiary/aromatic N) is 1. The Morgan fingerprint density at radius 3 is 2.60 bits per heavy atom. The summed E-state index contributed by atoms with van der Waals surface area (Å²) in [5.74, 6) is -0.425. The van der Waals surface area contributed by atoms with Gasteiger partial charge in [0.05, 0.1) is 5.56 Å². The highest BCUT2D eigenvalue weighted by Crippen LogP contribution is 2.33. The lowest BCUT2D eigenvalue weighted by atomic mass is 9.97. The lowest BCUT2D eigenvalue weighted by Crippen LogP contribution is -2.47. The van der Waals surface area contributed by atoms with Crippen LogP contribution in [-0.4, -0.2) is 31.1 Å². The smallest absolute Gasteiger partial charge is 0.250 e. The van der Waals surface area contributed by atoms with E-state index in [0.29, 0.717) is 28.7 Å². The molecule has 5 heteroatoms. The summed E-state index contributed by atoms with van der Waals surface area (Å²) in [6, 6.07) is 7.05. The van der Waals surface area contributed by atoms with Crippen molar-refractivity contribution in [2.24, 2.45) is 5.73 Å². The zero-order valence-corrected chi connectivity index (χ0v) is 12.4. The largest absolute Gasteiger partial charge is 0.371 e. The third-order valence-electron chi connectivity index (χ3n) is 4.60. The number of anilines is 1. The molecule has 1 aromatic rings. The second-order valence-electron chi connectivity index (χ2n) is 5.90. The van der Waals surface area contributed by atoms with Crippen molar-refractivity contribution in [2.75, 3.05) is 11.9 Å². The minimum Gasteiger partial charge on any atom is -0.371 e. The fraction of sp³-hybridized carbons (Fsp3) is 0.533. The normalized spacial score (nSPS) is 28.4. The van der Waals surface area contributed by atoms with E-state index in [-0.39, 0.29) is 0 Å². The minimum absolute atomic E-state index is 0.425. The summed E-state index contributed by atoms with van der Waals surface area (Å²) >= 11 is 5.97. The molecular formula is C15H20ClN3O. The highest BCUT2D eigenvalue weighted by molar-refractivity contribution is 6.31. The number of hydrogen-bond donors (Lipinski definition) is 2. The lowest BCUT2D eigenvalue weighted by Gasteiger charge is -2.37. The molecule has 108 valence electrons. The van der Waals surface area contributed by atoms with E-state index in [0.717, 1.165) is 18.5 Å². The summed E-state index contributed by atoms with van der Waals surface area (Å²) in [4.78, 5) is 13.8. The van der Waals surface area contributed by atoms with Gasteiger partial charge in [0.15, 0.2) is 0 Å². The third kappa shape index (κ3) is 2.50. The number of nitrogens with one attached hydrogen (secondary N) is 1. The van der Waals surface area contributed by atoms with Crippen LogP contribution in [0.3, 0.4) is 0 Å². The van der Waals surface area contributed by atoms with Crippen LogP contribution in [0.2, 0.25) is 5.02 Å². The number of carbonyl (C=O) groups excluding carboxylic acids is 1. The molecule has 2 fully saturated rings. The number of amides is 1. The van der Waals surface area contributed by atoms with Crippen LogP contribution >= 0.6 is 11.6 Å². The maximum Gasteiger partial charge on any atom is 0.250 e. The van der Waals surface area contributed by atoms with E-state index in [1.807, 2.05) is 19.2 Å². The van der Waals surface area contributed by atoms with Crippen molar-refractivity contribution in [3.05, 3.63) is 28.8 Å². The number of halogens is 1. The molecule has 2 unspecified atom stereocenters. The van der Waals surface area contributed by atoms with Gasteiger partial charge in [-0.05, 0) is 43.9 Å². The van der Waals surface area contributed by atoms with E-state index in [1.165, 1.54) is 12.8 Å². The van der Waals surface area contributed by atoms with Gasteiger partial charge in [-0.2, -0.15) is 0 Å². The van der Waals surface area contributed by atoms with Crippen molar-refractivity contribution in [3.63, 3.8) is 0 Å². The van der Waals surface area contributed by atoms with Crippen LogP contribution in [0.4, 0.5) is 5.69 Å². The Bertz CT molecular complexity index is 522. The Balaban J connectivity index is 1.87. The van der Waals surface area contributed by atoms with E-state index < -0.39 is 5.91 Å². The summed E-state index contributed by atoms with van der Waals surface area (Å²) in [6.45, 7) is 0. The Morgan fingerprint density at radius 1 is 1.35 bits per heavy atom. The molecule has 2 heterocycles. The molecule has 1 amide bonds. The van der Waals surface area contributed by atoms with Crippen molar-refractivity contribution in [1.29, 1.82) is 0 Å². The average Bonchev–Trinajstić information content (AvgIpc) is 2.76. The highest BCUT2D eigenvalue weighted by atomic mass is 35.5. The van der Waals surface area contributed by atoms with E-state index >= 15 is 0 Å². The van der Waals surface area contributed by atoms with Crippen LogP contribution in [0.15, 0.2) is 18.2 Å². The number of benzene rings is 1. The van der Waals surface area contributed by atoms with Crippen molar-refractivity contribution >= 4 is 23.2 Å². The van der Waals surface area contributed by atoms with Crippen molar-refractivity contribution in [1.82, 2.24) is 5.32 Å². The van der Waals surface area contributed by atoms with Gasteiger partial charge >= 0.3 is 0 Å². The predicted octanol–water partition coefficient (Wildman–Crippen LogP) is 2.16. The van der Waals surface area contributed by atoms with Gasteiger partial charge in [0.1, 0.15) is 0 Å². The van der Waals surface area contributed by atoms with Gasteiger partial charge < -0.3 is 16.0 Å². The van der Waals surface area contributed by atoms with Gasteiger partial charge in [0.2, 0.25) is 0 Å². The average molecular weight is 294 g/mol. The number of nitrogens with two attached hydrogens (primary N) is 1. The Morgan fingerprint density at radius 2 is 2.00 bits per heavy atom. The molecule has 0 spiro atoms. The van der Waals surface area contributed by atoms with Crippen molar-refractivity contribution < 1.29 is 4.79 Å². The molecule has 0 saturated carbocycles. The van der Waals surface area contributed by atoms with Crippen molar-refractivity contribution in [3.8, 4) is 0 Å². The fourth-order valence-electron chi connectivity index (χ4n) is 3.55. The molecular weight excluding hydrogens is 274 g/mol. The first-order valence-electron chi connectivity index (χ1n) is 7.13. The molecule has 0 aromatic heterocycles. The Hall–Kier alpha value is -1.26. The molecule has 2 aliphatic rings. The van der Waals surface area contributed by atoms with Crippen LogP contribution in [-0.2, 0) is 0 Å². The molecule has 1 aromatic carbocycles. The number of hydrogen-bond acceptors (Lipinski definition) is 3. The molecule has 2 saturated heterocycles. The fourth-order valence-corrected chi connectivity index (χ4v) is 3.73. The lowest BCUT2D eigenvalue weighted by molar-refractivity contribution is 0.100. The van der Waals surface area contributed by atoms with Gasteiger partial charge in [-0.25, -0.2) is 0 Å².